The van der Waals surface area contributed by atoms with Crippen molar-refractivity contribution in [3.8, 4) is 0 Å². The summed E-state index contributed by atoms with van der Waals surface area (Å²) in [5, 5.41) is 10.6. The Morgan fingerprint density at radius 2 is 2.17 bits per heavy atom. The Kier molecular flexibility index (Phi) is 2.43. The van der Waals surface area contributed by atoms with Crippen molar-refractivity contribution in [2.75, 3.05) is 0 Å². The fourth-order valence-corrected chi connectivity index (χ4v) is 1.18. The maximum absolute atomic E-state index is 10.6. The first-order valence-corrected chi connectivity index (χ1v) is 3.78. The first kappa shape index (κ1) is 8.71. The second-order valence-corrected chi connectivity index (χ2v) is 2.93. The first-order valence-electron chi connectivity index (χ1n) is 3.78. The van der Waals surface area contributed by atoms with Gasteiger partial charge in [0.2, 0.25) is 0 Å². The van der Waals surface area contributed by atoms with E-state index >= 15 is 0 Å². The Bertz CT molecular complexity index is 283. The van der Waals surface area contributed by atoms with Crippen molar-refractivity contribution in [3.05, 3.63) is 45.6 Å². The monoisotopic (exact) mass is 165 g/mol. The summed E-state index contributed by atoms with van der Waals surface area (Å²) in [4.78, 5) is 10.3. The molecule has 1 aliphatic carbocycles. The standard InChI is InChI=1S/C9H11NO2/c1-7(2)8-5-3-4-6-9(8)10(11)12/h3-6,9H,1-2H3. The summed E-state index contributed by atoms with van der Waals surface area (Å²) in [7, 11) is 0. The summed E-state index contributed by atoms with van der Waals surface area (Å²) in [6, 6.07) is -0.653. The highest BCUT2D eigenvalue weighted by Gasteiger charge is 2.22. The zero-order chi connectivity index (χ0) is 9.14. The highest BCUT2D eigenvalue weighted by molar-refractivity contribution is 5.36. The van der Waals surface area contributed by atoms with Crippen molar-refractivity contribution in [1.29, 1.82) is 0 Å². The van der Waals surface area contributed by atoms with Crippen LogP contribution in [0.1, 0.15) is 13.8 Å². The zero-order valence-corrected chi connectivity index (χ0v) is 7.15. The Hall–Kier alpha value is -1.38. The van der Waals surface area contributed by atoms with Gasteiger partial charge in [0.05, 0.1) is 0 Å². The van der Waals surface area contributed by atoms with Crippen LogP contribution in [0.2, 0.25) is 0 Å². The lowest BCUT2D eigenvalue weighted by Crippen LogP contribution is -2.20. The number of nitrogens with zero attached hydrogens (tertiary/aromatic N) is 1. The van der Waals surface area contributed by atoms with Crippen LogP contribution < -0.4 is 0 Å². The molecule has 3 heteroatoms. The van der Waals surface area contributed by atoms with E-state index in [1.54, 1.807) is 18.2 Å². The molecule has 0 spiro atoms. The predicted molar refractivity (Wildman–Crippen MR) is 47.4 cm³/mol. The van der Waals surface area contributed by atoms with Crippen molar-refractivity contribution in [1.82, 2.24) is 0 Å². The highest BCUT2D eigenvalue weighted by atomic mass is 16.6. The van der Waals surface area contributed by atoms with Gasteiger partial charge in [0.1, 0.15) is 0 Å². The van der Waals surface area contributed by atoms with E-state index in [4.69, 9.17) is 0 Å². The van der Waals surface area contributed by atoms with Gasteiger partial charge in [0.15, 0.2) is 0 Å². The Morgan fingerprint density at radius 1 is 1.50 bits per heavy atom. The van der Waals surface area contributed by atoms with E-state index in [1.807, 2.05) is 19.9 Å². The fourth-order valence-electron chi connectivity index (χ4n) is 1.18. The molecular formula is C9H11NO2. The molecule has 0 fully saturated rings. The van der Waals surface area contributed by atoms with Gasteiger partial charge in [-0.1, -0.05) is 23.8 Å². The van der Waals surface area contributed by atoms with Crippen molar-refractivity contribution in [2.45, 2.75) is 19.9 Å². The number of nitro groups is 1. The van der Waals surface area contributed by atoms with Gasteiger partial charge in [-0.3, -0.25) is 10.1 Å². The normalized spacial score (nSPS) is 21.2. The topological polar surface area (TPSA) is 43.1 Å². The molecular weight excluding hydrogens is 154 g/mol. The molecule has 0 heterocycles. The van der Waals surface area contributed by atoms with Crippen LogP contribution >= 0.6 is 0 Å². The molecule has 64 valence electrons. The summed E-state index contributed by atoms with van der Waals surface area (Å²) in [6.07, 6.45) is 6.92. The average Bonchev–Trinajstić information content (AvgIpc) is 2.04. The largest absolute Gasteiger partial charge is 0.264 e. The Morgan fingerprint density at radius 3 is 2.58 bits per heavy atom. The van der Waals surface area contributed by atoms with E-state index in [-0.39, 0.29) is 4.92 Å². The second-order valence-electron chi connectivity index (χ2n) is 2.93. The van der Waals surface area contributed by atoms with Crippen LogP contribution in [0, 0.1) is 10.1 Å². The highest BCUT2D eigenvalue weighted by Crippen LogP contribution is 2.17. The second kappa shape index (κ2) is 3.34. The quantitative estimate of drug-likeness (QED) is 0.441. The summed E-state index contributed by atoms with van der Waals surface area (Å²) >= 11 is 0. The van der Waals surface area contributed by atoms with E-state index in [0.29, 0.717) is 0 Å². The van der Waals surface area contributed by atoms with Gasteiger partial charge in [-0.2, -0.15) is 0 Å². The minimum Gasteiger partial charge on any atom is -0.264 e. The molecule has 1 unspecified atom stereocenters. The number of rotatable bonds is 1. The molecule has 0 aliphatic heterocycles. The molecule has 0 N–H and O–H groups in total. The molecule has 3 nitrogen and oxygen atoms in total. The molecule has 1 rings (SSSR count). The van der Waals surface area contributed by atoms with Gasteiger partial charge >= 0.3 is 0 Å². The van der Waals surface area contributed by atoms with Crippen molar-refractivity contribution in [3.63, 3.8) is 0 Å². The minimum atomic E-state index is -0.653. The van der Waals surface area contributed by atoms with Crippen LogP contribution in [0.15, 0.2) is 35.5 Å². The third-order valence-corrected chi connectivity index (χ3v) is 1.80. The third-order valence-electron chi connectivity index (χ3n) is 1.80. The molecule has 0 aromatic carbocycles. The lowest BCUT2D eigenvalue weighted by molar-refractivity contribution is -0.498. The predicted octanol–water partition coefficient (Wildman–Crippen LogP) is 2.09. The average molecular weight is 165 g/mol. The molecule has 1 aliphatic rings. The Balaban J connectivity index is 3.01. The fraction of sp³-hybridized carbons (Fsp3) is 0.333. The van der Waals surface area contributed by atoms with Crippen LogP contribution in [0.4, 0.5) is 0 Å². The van der Waals surface area contributed by atoms with Gasteiger partial charge in [-0.15, -0.1) is 0 Å². The molecule has 0 bridgehead atoms. The molecule has 1 atom stereocenters. The van der Waals surface area contributed by atoms with Crippen LogP contribution in [0.25, 0.3) is 0 Å². The van der Waals surface area contributed by atoms with Gasteiger partial charge < -0.3 is 0 Å². The molecule has 12 heavy (non-hydrogen) atoms. The van der Waals surface area contributed by atoms with Gasteiger partial charge in [-0.05, 0) is 19.9 Å². The summed E-state index contributed by atoms with van der Waals surface area (Å²) in [5.41, 5.74) is 1.79. The summed E-state index contributed by atoms with van der Waals surface area (Å²) in [6.45, 7) is 3.77. The maximum Gasteiger partial charge on any atom is 0.256 e. The van der Waals surface area contributed by atoms with E-state index in [9.17, 15) is 10.1 Å². The molecule has 0 aromatic rings. The van der Waals surface area contributed by atoms with Crippen LogP contribution in [-0.2, 0) is 0 Å². The first-order chi connectivity index (χ1) is 5.63. The van der Waals surface area contributed by atoms with Crippen molar-refractivity contribution >= 4 is 0 Å². The lowest BCUT2D eigenvalue weighted by atomic mass is 9.98. The third kappa shape index (κ3) is 1.61. The van der Waals surface area contributed by atoms with Crippen molar-refractivity contribution in [2.24, 2.45) is 0 Å². The molecule has 0 radical (unpaired) electrons. The summed E-state index contributed by atoms with van der Waals surface area (Å²) in [5.74, 6) is 0. The molecule has 0 aromatic heterocycles. The van der Waals surface area contributed by atoms with E-state index in [2.05, 4.69) is 0 Å². The van der Waals surface area contributed by atoms with E-state index < -0.39 is 6.04 Å². The number of allylic oxidation sites excluding steroid dienone is 3. The summed E-state index contributed by atoms with van der Waals surface area (Å²) < 4.78 is 0. The zero-order valence-electron chi connectivity index (χ0n) is 7.15. The van der Waals surface area contributed by atoms with Crippen LogP contribution in [0.3, 0.4) is 0 Å². The minimum absolute atomic E-state index is 0.275. The number of hydrogen-bond acceptors (Lipinski definition) is 2. The molecule has 0 amide bonds. The molecule has 0 saturated carbocycles. The Labute approximate surface area is 71.2 Å². The van der Waals surface area contributed by atoms with Crippen LogP contribution in [0.5, 0.6) is 0 Å². The number of hydrogen-bond donors (Lipinski definition) is 0. The van der Waals surface area contributed by atoms with Gasteiger partial charge in [0.25, 0.3) is 6.04 Å². The lowest BCUT2D eigenvalue weighted by Gasteiger charge is -2.10. The van der Waals surface area contributed by atoms with E-state index in [0.717, 1.165) is 11.1 Å². The smallest absolute Gasteiger partial charge is 0.256 e. The van der Waals surface area contributed by atoms with Crippen molar-refractivity contribution < 1.29 is 4.92 Å². The molecule has 0 saturated heterocycles. The van der Waals surface area contributed by atoms with E-state index in [1.165, 1.54) is 0 Å². The van der Waals surface area contributed by atoms with Gasteiger partial charge in [0, 0.05) is 10.5 Å². The SMILES string of the molecule is CC(C)=C1C=CC=CC1[N+](=O)[O-]. The maximum atomic E-state index is 10.6. The van der Waals surface area contributed by atoms with Crippen LogP contribution in [-0.4, -0.2) is 11.0 Å². The van der Waals surface area contributed by atoms with Gasteiger partial charge in [-0.25, -0.2) is 0 Å².